The van der Waals surface area contributed by atoms with Crippen molar-refractivity contribution in [2.24, 2.45) is 4.99 Å². The van der Waals surface area contributed by atoms with E-state index in [1.807, 2.05) is 32.0 Å². The topological polar surface area (TPSA) is 131 Å². The summed E-state index contributed by atoms with van der Waals surface area (Å²) in [6, 6.07) is 12.1. The molecule has 0 aliphatic rings. The summed E-state index contributed by atoms with van der Waals surface area (Å²) in [7, 11) is 1.66. The first-order valence-electron chi connectivity index (χ1n) is 11.1. The number of nitrogen functional groups attached to an aromatic ring is 1. The number of carbonyl (C=O) groups is 1. The molecule has 0 aliphatic heterocycles. The van der Waals surface area contributed by atoms with Crippen LogP contribution in [0.4, 0.5) is 11.4 Å². The molecule has 4 aromatic rings. The summed E-state index contributed by atoms with van der Waals surface area (Å²) in [5.74, 6) is -0.688. The van der Waals surface area contributed by atoms with E-state index >= 15 is 0 Å². The highest BCUT2D eigenvalue weighted by Crippen LogP contribution is 2.33. The van der Waals surface area contributed by atoms with E-state index in [4.69, 9.17) is 10.2 Å². The molecule has 178 valence electrons. The number of pyridine rings is 1. The Morgan fingerprint density at radius 1 is 1.23 bits per heavy atom. The molecule has 8 heteroatoms. The van der Waals surface area contributed by atoms with E-state index < -0.39 is 5.97 Å². The maximum Gasteiger partial charge on any atom is 0.356 e. The van der Waals surface area contributed by atoms with Crippen molar-refractivity contribution >= 4 is 34.5 Å². The standard InChI is InChI=1S/C27H26N4O4/c1-14-10-19(16(3)31-22-6-5-9-30-23(22)27(33)34)26-20(11-14)24(32)15(2)25(35-26)17-7-8-21(28)18(12-17)13-29-4/h5-13,16,31H,28H2,1-4H3,(H,33,34). The molecule has 35 heavy (non-hydrogen) atoms. The molecule has 0 spiro atoms. The van der Waals surface area contributed by atoms with Crippen LogP contribution in [0, 0.1) is 13.8 Å². The van der Waals surface area contributed by atoms with Gasteiger partial charge >= 0.3 is 5.97 Å². The van der Waals surface area contributed by atoms with Crippen LogP contribution >= 0.6 is 0 Å². The lowest BCUT2D eigenvalue weighted by atomic mass is 9.98. The molecule has 8 nitrogen and oxygen atoms in total. The fourth-order valence-electron chi connectivity index (χ4n) is 4.13. The van der Waals surface area contributed by atoms with E-state index in [1.165, 1.54) is 6.20 Å². The number of anilines is 2. The number of aromatic nitrogens is 1. The third kappa shape index (κ3) is 4.50. The zero-order valence-corrected chi connectivity index (χ0v) is 19.9. The van der Waals surface area contributed by atoms with Gasteiger partial charge in [-0.1, -0.05) is 6.07 Å². The number of rotatable bonds is 6. The second kappa shape index (κ2) is 9.42. The highest BCUT2D eigenvalue weighted by Gasteiger charge is 2.21. The van der Waals surface area contributed by atoms with Gasteiger partial charge < -0.3 is 20.6 Å². The normalized spacial score (nSPS) is 12.2. The minimum atomic E-state index is -1.13. The van der Waals surface area contributed by atoms with Crippen LogP contribution in [0.15, 0.2) is 62.9 Å². The summed E-state index contributed by atoms with van der Waals surface area (Å²) < 4.78 is 6.40. The molecular formula is C27H26N4O4. The van der Waals surface area contributed by atoms with Gasteiger partial charge in [0.25, 0.3) is 0 Å². The minimum Gasteiger partial charge on any atom is -0.476 e. The largest absolute Gasteiger partial charge is 0.476 e. The SMILES string of the molecule is CN=Cc1cc(-c2oc3c(C(C)Nc4cccnc4C(=O)O)cc(C)cc3c(=O)c2C)ccc1N. The maximum absolute atomic E-state index is 13.4. The molecular weight excluding hydrogens is 444 g/mol. The number of carboxylic acids is 1. The zero-order valence-electron chi connectivity index (χ0n) is 19.9. The fraction of sp³-hybridized carbons (Fsp3) is 0.185. The Balaban J connectivity index is 1.90. The minimum absolute atomic E-state index is 0.0821. The first-order valence-corrected chi connectivity index (χ1v) is 11.1. The van der Waals surface area contributed by atoms with E-state index in [9.17, 15) is 14.7 Å². The second-order valence-electron chi connectivity index (χ2n) is 8.42. The number of nitrogens with zero attached hydrogens (tertiary/aromatic N) is 2. The highest BCUT2D eigenvalue weighted by atomic mass is 16.4. The van der Waals surface area contributed by atoms with Crippen LogP contribution in [-0.4, -0.2) is 29.3 Å². The monoisotopic (exact) mass is 470 g/mol. The van der Waals surface area contributed by atoms with Gasteiger partial charge in [-0.05, 0) is 62.7 Å². The van der Waals surface area contributed by atoms with Crippen molar-refractivity contribution in [1.29, 1.82) is 0 Å². The van der Waals surface area contributed by atoms with Crippen LogP contribution in [0.3, 0.4) is 0 Å². The van der Waals surface area contributed by atoms with Crippen molar-refractivity contribution in [2.75, 3.05) is 18.1 Å². The quantitative estimate of drug-likeness (QED) is 0.268. The Labute approximate surface area is 202 Å². The number of hydrogen-bond acceptors (Lipinski definition) is 7. The van der Waals surface area contributed by atoms with Gasteiger partial charge in [-0.15, -0.1) is 0 Å². The van der Waals surface area contributed by atoms with Gasteiger partial charge in [-0.2, -0.15) is 0 Å². The Hall–Kier alpha value is -4.46. The predicted molar refractivity (Wildman–Crippen MR) is 139 cm³/mol. The predicted octanol–water partition coefficient (Wildman–Crippen LogP) is 4.97. The van der Waals surface area contributed by atoms with Gasteiger partial charge in [-0.3, -0.25) is 9.79 Å². The van der Waals surface area contributed by atoms with Crippen molar-refractivity contribution < 1.29 is 14.3 Å². The average molecular weight is 471 g/mol. The Morgan fingerprint density at radius 3 is 2.71 bits per heavy atom. The number of nitrogens with one attached hydrogen (secondary N) is 1. The van der Waals surface area contributed by atoms with Gasteiger partial charge in [0.05, 0.1) is 17.1 Å². The first-order chi connectivity index (χ1) is 16.7. The highest BCUT2D eigenvalue weighted by molar-refractivity contribution is 5.92. The molecule has 0 amide bonds. The summed E-state index contributed by atoms with van der Waals surface area (Å²) in [6.07, 6.45) is 3.08. The summed E-state index contributed by atoms with van der Waals surface area (Å²) in [5, 5.41) is 13.2. The van der Waals surface area contributed by atoms with Crippen LogP contribution in [0.5, 0.6) is 0 Å². The lowest BCUT2D eigenvalue weighted by Crippen LogP contribution is -2.14. The average Bonchev–Trinajstić information content (AvgIpc) is 2.83. The maximum atomic E-state index is 13.4. The second-order valence-corrected chi connectivity index (χ2v) is 8.42. The molecule has 4 rings (SSSR count). The van der Waals surface area contributed by atoms with Crippen LogP contribution < -0.4 is 16.5 Å². The molecule has 2 aromatic carbocycles. The number of aromatic carboxylic acids is 1. The molecule has 1 unspecified atom stereocenters. The summed E-state index contributed by atoms with van der Waals surface area (Å²) in [5.41, 5.74) is 10.8. The molecule has 0 radical (unpaired) electrons. The molecule has 0 aliphatic carbocycles. The number of aryl methyl sites for hydroxylation is 1. The lowest BCUT2D eigenvalue weighted by molar-refractivity contribution is 0.0691. The number of benzene rings is 2. The van der Waals surface area contributed by atoms with Crippen molar-refractivity contribution in [1.82, 2.24) is 4.98 Å². The molecule has 0 fully saturated rings. The van der Waals surface area contributed by atoms with Crippen LogP contribution in [0.25, 0.3) is 22.3 Å². The number of fused-ring (bicyclic) bond motifs is 1. The Bertz CT molecular complexity index is 1540. The van der Waals surface area contributed by atoms with Crippen LogP contribution in [0.2, 0.25) is 0 Å². The van der Waals surface area contributed by atoms with Gasteiger partial charge in [-0.25, -0.2) is 9.78 Å². The van der Waals surface area contributed by atoms with Crippen LogP contribution in [-0.2, 0) is 0 Å². The van der Waals surface area contributed by atoms with E-state index in [2.05, 4.69) is 15.3 Å². The van der Waals surface area contributed by atoms with Crippen molar-refractivity contribution in [2.45, 2.75) is 26.8 Å². The summed E-state index contributed by atoms with van der Waals surface area (Å²) in [6.45, 7) is 5.52. The summed E-state index contributed by atoms with van der Waals surface area (Å²) >= 11 is 0. The first kappa shape index (κ1) is 23.7. The van der Waals surface area contributed by atoms with Crippen LogP contribution in [0.1, 0.15) is 45.7 Å². The molecule has 0 saturated carbocycles. The molecule has 2 aromatic heterocycles. The van der Waals surface area contributed by atoms with E-state index in [0.29, 0.717) is 39.2 Å². The van der Waals surface area contributed by atoms with Crippen molar-refractivity contribution in [3.05, 3.63) is 86.8 Å². The van der Waals surface area contributed by atoms with Gasteiger partial charge in [0.2, 0.25) is 0 Å². The Morgan fingerprint density at radius 2 is 2.00 bits per heavy atom. The van der Waals surface area contributed by atoms with E-state index in [-0.39, 0.29) is 17.2 Å². The number of aliphatic imine (C=N–C) groups is 1. The molecule has 2 heterocycles. The number of carboxylic acid groups (broad SMARTS) is 1. The van der Waals surface area contributed by atoms with Gasteiger partial charge in [0.1, 0.15) is 11.3 Å². The van der Waals surface area contributed by atoms with Crippen molar-refractivity contribution in [3.8, 4) is 11.3 Å². The van der Waals surface area contributed by atoms with Gasteiger partial charge in [0, 0.05) is 47.4 Å². The molecule has 0 saturated heterocycles. The Kier molecular flexibility index (Phi) is 6.38. The van der Waals surface area contributed by atoms with Gasteiger partial charge in [0.15, 0.2) is 11.1 Å². The molecule has 1 atom stereocenters. The van der Waals surface area contributed by atoms with E-state index in [0.717, 1.165) is 16.7 Å². The molecule has 4 N–H and O–H groups in total. The zero-order chi connectivity index (χ0) is 25.3. The molecule has 0 bridgehead atoms. The van der Waals surface area contributed by atoms with Crippen molar-refractivity contribution in [3.63, 3.8) is 0 Å². The summed E-state index contributed by atoms with van der Waals surface area (Å²) in [4.78, 5) is 33.0. The smallest absolute Gasteiger partial charge is 0.356 e. The third-order valence-electron chi connectivity index (χ3n) is 5.86. The third-order valence-corrected chi connectivity index (χ3v) is 5.86. The number of hydrogen-bond donors (Lipinski definition) is 3. The fourth-order valence-corrected chi connectivity index (χ4v) is 4.13. The lowest BCUT2D eigenvalue weighted by Gasteiger charge is -2.19. The van der Waals surface area contributed by atoms with E-state index in [1.54, 1.807) is 44.5 Å². The number of nitrogens with two attached hydrogens (primary N) is 1.